The van der Waals surface area contributed by atoms with Crippen molar-refractivity contribution in [3.8, 4) is 0 Å². The third kappa shape index (κ3) is 3.52. The quantitative estimate of drug-likeness (QED) is 0.638. The van der Waals surface area contributed by atoms with Crippen LogP contribution in [0.5, 0.6) is 0 Å². The van der Waals surface area contributed by atoms with Crippen LogP contribution < -0.4 is 5.73 Å². The third-order valence-electron chi connectivity index (χ3n) is 2.50. The van der Waals surface area contributed by atoms with Gasteiger partial charge in [0.15, 0.2) is 0 Å². The molecule has 1 saturated heterocycles. The zero-order chi connectivity index (χ0) is 8.81. The van der Waals surface area contributed by atoms with E-state index >= 15 is 0 Å². The van der Waals surface area contributed by atoms with Gasteiger partial charge in [0, 0.05) is 19.2 Å². The zero-order valence-electron chi connectivity index (χ0n) is 7.71. The number of hydrogen-bond donors (Lipinski definition) is 2. The predicted octanol–water partition coefficient (Wildman–Crippen LogP) is 0.182. The van der Waals surface area contributed by atoms with Crippen LogP contribution in [0, 0.1) is 0 Å². The van der Waals surface area contributed by atoms with Crippen molar-refractivity contribution >= 4 is 0 Å². The number of aliphatic hydroxyl groups excluding tert-OH is 1. The Morgan fingerprint density at radius 3 is 2.92 bits per heavy atom. The molecule has 12 heavy (non-hydrogen) atoms. The minimum absolute atomic E-state index is 0.308. The maximum Gasteiger partial charge on any atom is 0.0443 e. The van der Waals surface area contributed by atoms with Gasteiger partial charge in [0.1, 0.15) is 0 Å². The highest BCUT2D eigenvalue weighted by Crippen LogP contribution is 2.08. The highest BCUT2D eigenvalue weighted by molar-refractivity contribution is 4.71. The van der Waals surface area contributed by atoms with Crippen LogP contribution in [0.2, 0.25) is 0 Å². The lowest BCUT2D eigenvalue weighted by Gasteiger charge is -2.18. The van der Waals surface area contributed by atoms with Gasteiger partial charge in [0.05, 0.1) is 0 Å². The summed E-state index contributed by atoms with van der Waals surface area (Å²) in [5.74, 6) is 0. The van der Waals surface area contributed by atoms with Crippen molar-refractivity contribution in [3.05, 3.63) is 0 Å². The second-order valence-electron chi connectivity index (χ2n) is 3.61. The first-order valence-electron chi connectivity index (χ1n) is 4.91. The molecule has 72 valence electrons. The second-order valence-corrected chi connectivity index (χ2v) is 3.61. The molecule has 0 spiro atoms. The summed E-state index contributed by atoms with van der Waals surface area (Å²) in [6, 6.07) is 0.407. The summed E-state index contributed by atoms with van der Waals surface area (Å²) in [6.45, 7) is 3.61. The van der Waals surface area contributed by atoms with Crippen molar-refractivity contribution < 1.29 is 5.11 Å². The molecule has 3 nitrogen and oxygen atoms in total. The molecule has 1 fully saturated rings. The lowest BCUT2D eigenvalue weighted by Crippen LogP contribution is -2.28. The van der Waals surface area contributed by atoms with E-state index in [0.29, 0.717) is 12.6 Å². The Hall–Kier alpha value is -0.120. The largest absolute Gasteiger partial charge is 0.396 e. The summed E-state index contributed by atoms with van der Waals surface area (Å²) in [6.07, 6.45) is 4.39. The number of aliphatic hydroxyl groups is 1. The molecule has 1 aliphatic heterocycles. The molecule has 3 heteroatoms. The van der Waals surface area contributed by atoms with Gasteiger partial charge >= 0.3 is 0 Å². The molecule has 1 heterocycles. The SMILES string of the molecule is NC1CCCN(CCCO)CC1. The van der Waals surface area contributed by atoms with Gasteiger partial charge in [0.25, 0.3) is 0 Å². The highest BCUT2D eigenvalue weighted by Gasteiger charge is 2.12. The fourth-order valence-corrected chi connectivity index (χ4v) is 1.70. The Labute approximate surface area is 74.5 Å². The van der Waals surface area contributed by atoms with Crippen LogP contribution in [-0.2, 0) is 0 Å². The fraction of sp³-hybridized carbons (Fsp3) is 1.00. The molecular formula is C9H20N2O. The summed E-state index contributed by atoms with van der Waals surface area (Å²) in [5.41, 5.74) is 5.85. The van der Waals surface area contributed by atoms with E-state index in [1.807, 2.05) is 0 Å². The topological polar surface area (TPSA) is 49.5 Å². The first-order chi connectivity index (χ1) is 5.83. The van der Waals surface area contributed by atoms with Gasteiger partial charge in [-0.1, -0.05) is 0 Å². The molecular weight excluding hydrogens is 152 g/mol. The second kappa shape index (κ2) is 5.51. The summed E-state index contributed by atoms with van der Waals surface area (Å²) in [7, 11) is 0. The molecule has 0 aromatic carbocycles. The van der Waals surface area contributed by atoms with E-state index in [1.54, 1.807) is 0 Å². The molecule has 1 atom stereocenters. The van der Waals surface area contributed by atoms with E-state index in [1.165, 1.54) is 6.42 Å². The molecule has 0 aliphatic carbocycles. The van der Waals surface area contributed by atoms with Crippen LogP contribution in [0.15, 0.2) is 0 Å². The maximum absolute atomic E-state index is 8.67. The van der Waals surface area contributed by atoms with E-state index in [-0.39, 0.29) is 0 Å². The monoisotopic (exact) mass is 172 g/mol. The van der Waals surface area contributed by atoms with Crippen LogP contribution in [0.25, 0.3) is 0 Å². The average Bonchev–Trinajstić information content (AvgIpc) is 2.27. The summed E-state index contributed by atoms with van der Waals surface area (Å²) in [4.78, 5) is 2.41. The van der Waals surface area contributed by atoms with Gasteiger partial charge in [-0.05, 0) is 38.8 Å². The Bertz CT molecular complexity index is 117. The minimum Gasteiger partial charge on any atom is -0.396 e. The Kier molecular flexibility index (Phi) is 4.58. The number of nitrogens with zero attached hydrogens (tertiary/aromatic N) is 1. The van der Waals surface area contributed by atoms with Gasteiger partial charge in [-0.15, -0.1) is 0 Å². The molecule has 0 amide bonds. The Balaban J connectivity index is 2.17. The van der Waals surface area contributed by atoms with Crippen molar-refractivity contribution in [3.63, 3.8) is 0 Å². The van der Waals surface area contributed by atoms with Crippen molar-refractivity contribution in [2.45, 2.75) is 31.7 Å². The Morgan fingerprint density at radius 1 is 1.33 bits per heavy atom. The van der Waals surface area contributed by atoms with Crippen LogP contribution in [-0.4, -0.2) is 42.3 Å². The smallest absolute Gasteiger partial charge is 0.0443 e. The average molecular weight is 172 g/mol. The molecule has 0 aromatic rings. The lowest BCUT2D eigenvalue weighted by molar-refractivity contribution is 0.228. The van der Waals surface area contributed by atoms with E-state index in [0.717, 1.165) is 38.9 Å². The van der Waals surface area contributed by atoms with E-state index in [9.17, 15) is 0 Å². The summed E-state index contributed by atoms with van der Waals surface area (Å²) in [5, 5.41) is 8.67. The van der Waals surface area contributed by atoms with Crippen molar-refractivity contribution in [2.24, 2.45) is 5.73 Å². The summed E-state index contributed by atoms with van der Waals surface area (Å²) >= 11 is 0. The van der Waals surface area contributed by atoms with Gasteiger partial charge in [-0.2, -0.15) is 0 Å². The van der Waals surface area contributed by atoms with Gasteiger partial charge in [-0.3, -0.25) is 0 Å². The van der Waals surface area contributed by atoms with Crippen molar-refractivity contribution in [2.75, 3.05) is 26.2 Å². The predicted molar refractivity (Wildman–Crippen MR) is 50.0 cm³/mol. The summed E-state index contributed by atoms with van der Waals surface area (Å²) < 4.78 is 0. The van der Waals surface area contributed by atoms with E-state index in [4.69, 9.17) is 10.8 Å². The normalized spacial score (nSPS) is 27.0. The van der Waals surface area contributed by atoms with Crippen molar-refractivity contribution in [1.29, 1.82) is 0 Å². The first kappa shape index (κ1) is 9.96. The molecule has 0 radical (unpaired) electrons. The number of likely N-dealkylation sites (tertiary alicyclic amines) is 1. The maximum atomic E-state index is 8.67. The molecule has 0 aromatic heterocycles. The Morgan fingerprint density at radius 2 is 2.17 bits per heavy atom. The van der Waals surface area contributed by atoms with Gasteiger partial charge in [0.2, 0.25) is 0 Å². The lowest BCUT2D eigenvalue weighted by atomic mass is 10.1. The van der Waals surface area contributed by atoms with Crippen LogP contribution in [0.1, 0.15) is 25.7 Å². The van der Waals surface area contributed by atoms with Crippen LogP contribution >= 0.6 is 0 Å². The number of hydrogen-bond acceptors (Lipinski definition) is 3. The molecule has 0 bridgehead atoms. The van der Waals surface area contributed by atoms with Crippen LogP contribution in [0.3, 0.4) is 0 Å². The minimum atomic E-state index is 0.308. The molecule has 1 unspecified atom stereocenters. The fourth-order valence-electron chi connectivity index (χ4n) is 1.70. The zero-order valence-corrected chi connectivity index (χ0v) is 7.71. The third-order valence-corrected chi connectivity index (χ3v) is 2.50. The van der Waals surface area contributed by atoms with E-state index < -0.39 is 0 Å². The van der Waals surface area contributed by atoms with Crippen molar-refractivity contribution in [1.82, 2.24) is 4.90 Å². The highest BCUT2D eigenvalue weighted by atomic mass is 16.3. The molecule has 0 saturated carbocycles. The van der Waals surface area contributed by atoms with Gasteiger partial charge < -0.3 is 15.7 Å². The van der Waals surface area contributed by atoms with Crippen LogP contribution in [0.4, 0.5) is 0 Å². The molecule has 1 aliphatic rings. The molecule has 3 N–H and O–H groups in total. The number of nitrogens with two attached hydrogens (primary N) is 1. The van der Waals surface area contributed by atoms with Gasteiger partial charge in [-0.25, -0.2) is 0 Å². The molecule has 1 rings (SSSR count). The van der Waals surface area contributed by atoms with E-state index in [2.05, 4.69) is 4.90 Å². The number of rotatable bonds is 3. The first-order valence-corrected chi connectivity index (χ1v) is 4.91. The standard InChI is InChI=1S/C9H20N2O/c10-9-3-1-5-11(7-4-9)6-2-8-12/h9,12H,1-8,10H2.